The van der Waals surface area contributed by atoms with Crippen LogP contribution in [0.25, 0.3) is 0 Å². The van der Waals surface area contributed by atoms with Crippen molar-refractivity contribution < 1.29 is 9.84 Å². The summed E-state index contributed by atoms with van der Waals surface area (Å²) in [5.74, 6) is 0.618. The maximum Gasteiger partial charge on any atom is 0.141 e. The van der Waals surface area contributed by atoms with E-state index in [1.165, 1.54) is 31.3 Å². The van der Waals surface area contributed by atoms with Crippen LogP contribution in [-0.4, -0.2) is 42.5 Å². The third-order valence-electron chi connectivity index (χ3n) is 4.70. The molecule has 1 saturated carbocycles. The van der Waals surface area contributed by atoms with Crippen LogP contribution in [0.5, 0.6) is 0 Å². The molecule has 0 saturated heterocycles. The highest BCUT2D eigenvalue weighted by atomic mass is 16.5. The summed E-state index contributed by atoms with van der Waals surface area (Å²) >= 11 is 0. The van der Waals surface area contributed by atoms with Gasteiger partial charge in [0.05, 0.1) is 6.10 Å². The van der Waals surface area contributed by atoms with E-state index >= 15 is 0 Å². The molecule has 0 bridgehead atoms. The van der Waals surface area contributed by atoms with Crippen LogP contribution >= 0.6 is 0 Å². The summed E-state index contributed by atoms with van der Waals surface area (Å²) in [6, 6.07) is 0. The average Bonchev–Trinajstić information content (AvgIpc) is 2.41. The van der Waals surface area contributed by atoms with Crippen molar-refractivity contribution in [1.82, 2.24) is 4.90 Å². The first-order chi connectivity index (χ1) is 9.55. The predicted molar refractivity (Wildman–Crippen MR) is 82.5 cm³/mol. The molecule has 1 N–H and O–H groups in total. The van der Waals surface area contributed by atoms with Gasteiger partial charge in [0.15, 0.2) is 0 Å². The molecule has 2 aliphatic carbocycles. The van der Waals surface area contributed by atoms with Crippen LogP contribution < -0.4 is 0 Å². The van der Waals surface area contributed by atoms with Crippen molar-refractivity contribution in [3.05, 3.63) is 23.8 Å². The monoisotopic (exact) mass is 279 g/mol. The summed E-state index contributed by atoms with van der Waals surface area (Å²) in [4.78, 5) is 1.89. The number of hydrogen-bond donors (Lipinski definition) is 1. The van der Waals surface area contributed by atoms with Gasteiger partial charge in [-0.05, 0) is 52.3 Å². The Hall–Kier alpha value is -0.640. The molecule has 1 fully saturated rings. The number of rotatable bonds is 5. The smallest absolute Gasteiger partial charge is 0.141 e. The van der Waals surface area contributed by atoms with Gasteiger partial charge < -0.3 is 9.84 Å². The molecular formula is C17H29NO2. The molecule has 0 aromatic rings. The Balaban J connectivity index is 1.98. The van der Waals surface area contributed by atoms with Crippen LogP contribution in [0.2, 0.25) is 0 Å². The SMILES string of the molecule is CCO[C@@H]1CCCC[C@@H]1CC1=CC=C[C@](O)(N(C)C)C1. The molecule has 2 aliphatic rings. The lowest BCUT2D eigenvalue weighted by Gasteiger charge is -2.37. The van der Waals surface area contributed by atoms with Gasteiger partial charge in [0.2, 0.25) is 0 Å². The van der Waals surface area contributed by atoms with Crippen molar-refractivity contribution >= 4 is 0 Å². The van der Waals surface area contributed by atoms with Crippen molar-refractivity contribution in [2.45, 2.75) is 57.3 Å². The van der Waals surface area contributed by atoms with Gasteiger partial charge >= 0.3 is 0 Å². The fourth-order valence-corrected chi connectivity index (χ4v) is 3.42. The van der Waals surface area contributed by atoms with Gasteiger partial charge in [-0.25, -0.2) is 0 Å². The predicted octanol–water partition coefficient (Wildman–Crippen LogP) is 3.11. The molecular weight excluding hydrogens is 250 g/mol. The van der Waals surface area contributed by atoms with E-state index in [0.29, 0.717) is 18.4 Å². The fourth-order valence-electron chi connectivity index (χ4n) is 3.42. The lowest BCUT2D eigenvalue weighted by Crippen LogP contribution is -2.43. The molecule has 3 nitrogen and oxygen atoms in total. The minimum absolute atomic E-state index is 0.410. The minimum atomic E-state index is -0.820. The first-order valence-corrected chi connectivity index (χ1v) is 7.94. The first kappa shape index (κ1) is 15.7. The summed E-state index contributed by atoms with van der Waals surface area (Å²) in [7, 11) is 3.85. The summed E-state index contributed by atoms with van der Waals surface area (Å²) in [6.07, 6.45) is 13.3. The van der Waals surface area contributed by atoms with Gasteiger partial charge in [0.1, 0.15) is 5.72 Å². The van der Waals surface area contributed by atoms with Crippen molar-refractivity contribution in [1.29, 1.82) is 0 Å². The second kappa shape index (κ2) is 6.88. The van der Waals surface area contributed by atoms with E-state index in [9.17, 15) is 5.11 Å². The topological polar surface area (TPSA) is 32.7 Å². The molecule has 0 aromatic carbocycles. The Bertz CT molecular complexity index is 373. The summed E-state index contributed by atoms with van der Waals surface area (Å²) < 4.78 is 5.92. The van der Waals surface area contributed by atoms with Crippen molar-refractivity contribution in [3.63, 3.8) is 0 Å². The van der Waals surface area contributed by atoms with E-state index < -0.39 is 5.72 Å². The van der Waals surface area contributed by atoms with Gasteiger partial charge in [-0.15, -0.1) is 0 Å². The average molecular weight is 279 g/mol. The molecule has 3 heteroatoms. The highest BCUT2D eigenvalue weighted by molar-refractivity contribution is 5.25. The largest absolute Gasteiger partial charge is 0.378 e. The van der Waals surface area contributed by atoms with Gasteiger partial charge in [-0.2, -0.15) is 0 Å². The molecule has 3 atom stereocenters. The minimum Gasteiger partial charge on any atom is -0.378 e. The molecule has 2 rings (SSSR count). The second-order valence-corrected chi connectivity index (χ2v) is 6.38. The van der Waals surface area contributed by atoms with Crippen molar-refractivity contribution in [2.75, 3.05) is 20.7 Å². The molecule has 114 valence electrons. The van der Waals surface area contributed by atoms with E-state index in [4.69, 9.17) is 4.74 Å². The van der Waals surface area contributed by atoms with Gasteiger partial charge in [0, 0.05) is 13.0 Å². The van der Waals surface area contributed by atoms with Gasteiger partial charge in [0.25, 0.3) is 0 Å². The summed E-state index contributed by atoms with van der Waals surface area (Å²) in [6.45, 7) is 2.89. The highest BCUT2D eigenvalue weighted by Crippen LogP contribution is 2.35. The molecule has 20 heavy (non-hydrogen) atoms. The fraction of sp³-hybridized carbons (Fsp3) is 0.765. The molecule has 0 heterocycles. The number of ether oxygens (including phenoxy) is 1. The Morgan fingerprint density at radius 2 is 2.10 bits per heavy atom. The lowest BCUT2D eigenvalue weighted by atomic mass is 9.80. The van der Waals surface area contributed by atoms with E-state index in [1.807, 2.05) is 31.1 Å². The zero-order valence-corrected chi connectivity index (χ0v) is 13.1. The standard InChI is InChI=1S/C17H29NO2/c1-4-20-16-10-6-5-9-15(16)12-14-8-7-11-17(19,13-14)18(2)3/h7-8,11,15-16,19H,4-6,9-10,12-13H2,1-3H3/t15-,16-,17-/m1/s1. The maximum atomic E-state index is 10.6. The quantitative estimate of drug-likeness (QED) is 0.785. The van der Waals surface area contributed by atoms with Crippen LogP contribution in [0.15, 0.2) is 23.8 Å². The Morgan fingerprint density at radius 3 is 2.80 bits per heavy atom. The van der Waals surface area contributed by atoms with Crippen LogP contribution in [0.1, 0.15) is 45.4 Å². The van der Waals surface area contributed by atoms with E-state index in [-0.39, 0.29) is 0 Å². The van der Waals surface area contributed by atoms with Crippen molar-refractivity contribution in [2.24, 2.45) is 5.92 Å². The van der Waals surface area contributed by atoms with Gasteiger partial charge in [-0.1, -0.05) is 30.6 Å². The Kier molecular flexibility index (Phi) is 5.42. The first-order valence-electron chi connectivity index (χ1n) is 7.94. The van der Waals surface area contributed by atoms with Gasteiger partial charge in [-0.3, -0.25) is 4.90 Å². The number of hydrogen-bond acceptors (Lipinski definition) is 3. The molecule has 0 aromatic heterocycles. The third-order valence-corrected chi connectivity index (χ3v) is 4.70. The van der Waals surface area contributed by atoms with Crippen LogP contribution in [0.4, 0.5) is 0 Å². The normalized spacial score (nSPS) is 34.4. The Morgan fingerprint density at radius 1 is 1.35 bits per heavy atom. The maximum absolute atomic E-state index is 10.6. The highest BCUT2D eigenvalue weighted by Gasteiger charge is 2.32. The van der Waals surface area contributed by atoms with E-state index in [0.717, 1.165) is 13.0 Å². The summed E-state index contributed by atoms with van der Waals surface area (Å²) in [5, 5.41) is 10.6. The van der Waals surface area contributed by atoms with Crippen LogP contribution in [-0.2, 0) is 4.74 Å². The number of nitrogens with zero attached hydrogens (tertiary/aromatic N) is 1. The number of aliphatic hydroxyl groups is 1. The molecule has 0 radical (unpaired) electrons. The summed E-state index contributed by atoms with van der Waals surface area (Å²) in [5.41, 5.74) is 0.528. The number of likely N-dealkylation sites (N-methyl/N-ethyl adjacent to an activating group) is 1. The molecule has 0 aliphatic heterocycles. The molecule has 0 spiro atoms. The Labute approximate surface area is 123 Å². The van der Waals surface area contributed by atoms with Crippen LogP contribution in [0, 0.1) is 5.92 Å². The van der Waals surface area contributed by atoms with Crippen molar-refractivity contribution in [3.8, 4) is 0 Å². The molecule has 0 amide bonds. The second-order valence-electron chi connectivity index (χ2n) is 6.38. The van der Waals surface area contributed by atoms with E-state index in [2.05, 4.69) is 13.0 Å². The molecule has 0 unspecified atom stereocenters. The zero-order chi connectivity index (χ0) is 14.6. The number of allylic oxidation sites excluding steroid dienone is 2. The van der Waals surface area contributed by atoms with E-state index in [1.54, 1.807) is 0 Å². The zero-order valence-electron chi connectivity index (χ0n) is 13.1. The lowest BCUT2D eigenvalue weighted by molar-refractivity contribution is -0.0414. The van der Waals surface area contributed by atoms with Crippen LogP contribution in [0.3, 0.4) is 0 Å². The third kappa shape index (κ3) is 3.72.